The molecule has 9 heteroatoms. The monoisotopic (exact) mass is 339 g/mol. The Bertz CT molecular complexity index is 747. The predicted molar refractivity (Wildman–Crippen MR) is 86.6 cm³/mol. The summed E-state index contributed by atoms with van der Waals surface area (Å²) in [4.78, 5) is 23.8. The summed E-state index contributed by atoms with van der Waals surface area (Å²) in [5, 5.41) is 10.5. The molecule has 0 bridgehead atoms. The molecule has 7 nitrogen and oxygen atoms in total. The maximum atomic E-state index is 12.1. The molecule has 1 amide bonds. The average molecular weight is 340 g/mol. The lowest BCUT2D eigenvalue weighted by atomic mass is 10.3. The first kappa shape index (κ1) is 16.3. The van der Waals surface area contributed by atoms with Gasteiger partial charge >= 0.3 is 0 Å². The van der Waals surface area contributed by atoms with Gasteiger partial charge in [-0.2, -0.15) is 4.68 Å². The van der Waals surface area contributed by atoms with Gasteiger partial charge in [0.05, 0.1) is 5.25 Å². The second-order valence-corrected chi connectivity index (χ2v) is 6.24. The van der Waals surface area contributed by atoms with E-state index in [9.17, 15) is 9.59 Å². The zero-order valence-electron chi connectivity index (χ0n) is 11.9. The molecule has 0 unspecified atom stereocenters. The van der Waals surface area contributed by atoms with Gasteiger partial charge in [0.1, 0.15) is 5.69 Å². The predicted octanol–water partition coefficient (Wildman–Crippen LogP) is 1.43. The fraction of sp³-hybridized carbons (Fsp3) is 0.231. The highest BCUT2D eigenvalue weighted by molar-refractivity contribution is 8.00. The van der Waals surface area contributed by atoms with Crippen molar-refractivity contribution in [1.29, 1.82) is 0 Å². The van der Waals surface area contributed by atoms with E-state index in [1.807, 2.05) is 0 Å². The number of hydrogen-bond donors (Lipinski definition) is 2. The van der Waals surface area contributed by atoms with Crippen LogP contribution in [0.5, 0.6) is 0 Å². The van der Waals surface area contributed by atoms with E-state index < -0.39 is 10.8 Å². The molecular formula is C13H14ClN5O2S. The van der Waals surface area contributed by atoms with Gasteiger partial charge in [-0.25, -0.2) is 0 Å². The van der Waals surface area contributed by atoms with Gasteiger partial charge in [-0.1, -0.05) is 23.4 Å². The van der Waals surface area contributed by atoms with Crippen molar-refractivity contribution >= 4 is 35.0 Å². The van der Waals surface area contributed by atoms with Gasteiger partial charge in [-0.3, -0.25) is 9.59 Å². The Labute approximate surface area is 135 Å². The summed E-state index contributed by atoms with van der Waals surface area (Å²) >= 11 is 6.83. The Morgan fingerprint density at radius 1 is 1.36 bits per heavy atom. The Balaban J connectivity index is 2.07. The number of halogens is 1. The normalized spacial score (nSPS) is 12.0. The fourth-order valence-corrected chi connectivity index (χ4v) is 2.43. The lowest BCUT2D eigenvalue weighted by molar-refractivity contribution is -0.115. The van der Waals surface area contributed by atoms with Crippen molar-refractivity contribution in [2.45, 2.75) is 24.3 Å². The van der Waals surface area contributed by atoms with Crippen LogP contribution in [0.1, 0.15) is 12.6 Å². The van der Waals surface area contributed by atoms with Crippen LogP contribution in [0, 0.1) is 6.92 Å². The number of hydrogen-bond acceptors (Lipinski definition) is 6. The molecule has 0 aliphatic heterocycles. The minimum Gasteiger partial charge on any atom is -0.334 e. The molecule has 1 atom stereocenters. The summed E-state index contributed by atoms with van der Waals surface area (Å²) in [6, 6.07) is 6.75. The van der Waals surface area contributed by atoms with E-state index in [0.717, 1.165) is 16.4 Å². The number of carbonyl (C=O) groups excluding carboxylic acids is 1. The number of aryl methyl sites for hydroxylation is 1. The number of nitrogen functional groups attached to an aromatic ring is 1. The molecule has 0 aliphatic rings. The third-order valence-corrected chi connectivity index (χ3v) is 4.09. The standard InChI is InChI=1S/C13H14ClN5O2S/c1-7-12(21)19(15)13(18-17-7)22-8(2)11(20)16-10-5-3-9(14)4-6-10/h3-6,8H,15H2,1-2H3,(H,16,20)/t8-/m0/s1. The molecule has 3 N–H and O–H groups in total. The number of thioether (sulfide) groups is 1. The van der Waals surface area contributed by atoms with Crippen molar-refractivity contribution < 1.29 is 4.79 Å². The minimum absolute atomic E-state index is 0.175. The molecule has 0 aliphatic carbocycles. The number of amides is 1. The highest BCUT2D eigenvalue weighted by atomic mass is 35.5. The number of benzene rings is 1. The van der Waals surface area contributed by atoms with E-state index >= 15 is 0 Å². The molecule has 1 aromatic heterocycles. The van der Waals surface area contributed by atoms with Crippen molar-refractivity contribution in [2.24, 2.45) is 0 Å². The number of aromatic nitrogens is 3. The summed E-state index contributed by atoms with van der Waals surface area (Å²) in [5.74, 6) is 5.39. The van der Waals surface area contributed by atoms with Crippen molar-refractivity contribution in [1.82, 2.24) is 14.9 Å². The largest absolute Gasteiger partial charge is 0.334 e. The SMILES string of the molecule is Cc1nnc(S[C@@H](C)C(=O)Nc2ccc(Cl)cc2)n(N)c1=O. The Morgan fingerprint density at radius 2 is 2.00 bits per heavy atom. The molecule has 2 rings (SSSR count). The number of anilines is 1. The lowest BCUT2D eigenvalue weighted by Gasteiger charge is -2.12. The molecule has 1 heterocycles. The van der Waals surface area contributed by atoms with Crippen molar-refractivity contribution in [3.05, 3.63) is 45.3 Å². The number of nitrogens with two attached hydrogens (primary N) is 1. The molecule has 0 fully saturated rings. The van der Waals surface area contributed by atoms with Crippen LogP contribution in [-0.4, -0.2) is 26.0 Å². The maximum Gasteiger partial charge on any atom is 0.294 e. The van der Waals surface area contributed by atoms with Gasteiger partial charge < -0.3 is 11.2 Å². The molecule has 116 valence electrons. The average Bonchev–Trinajstić information content (AvgIpc) is 2.50. The molecule has 2 aromatic rings. The highest BCUT2D eigenvalue weighted by Crippen LogP contribution is 2.20. The quantitative estimate of drug-likeness (QED) is 0.645. The van der Waals surface area contributed by atoms with Gasteiger partial charge in [0.25, 0.3) is 5.56 Å². The lowest BCUT2D eigenvalue weighted by Crippen LogP contribution is -2.33. The molecular weight excluding hydrogens is 326 g/mol. The second kappa shape index (κ2) is 6.80. The zero-order chi connectivity index (χ0) is 16.3. The Morgan fingerprint density at radius 3 is 2.64 bits per heavy atom. The number of carbonyl (C=O) groups is 1. The third-order valence-electron chi connectivity index (χ3n) is 2.78. The van der Waals surface area contributed by atoms with Crippen LogP contribution in [0.4, 0.5) is 5.69 Å². The van der Waals surface area contributed by atoms with Crippen LogP contribution in [0.25, 0.3) is 0 Å². The van der Waals surface area contributed by atoms with E-state index in [0.29, 0.717) is 10.7 Å². The molecule has 0 radical (unpaired) electrons. The van der Waals surface area contributed by atoms with Crippen LogP contribution in [-0.2, 0) is 4.79 Å². The topological polar surface area (TPSA) is 103 Å². The molecule has 22 heavy (non-hydrogen) atoms. The number of nitrogens with zero attached hydrogens (tertiary/aromatic N) is 3. The van der Waals surface area contributed by atoms with Crippen LogP contribution in [0.2, 0.25) is 5.02 Å². The van der Waals surface area contributed by atoms with Gasteiger partial charge in [-0.05, 0) is 38.1 Å². The summed E-state index contributed by atoms with van der Waals surface area (Å²) in [7, 11) is 0. The second-order valence-electron chi connectivity index (χ2n) is 4.50. The molecule has 0 saturated carbocycles. The maximum absolute atomic E-state index is 12.1. The molecule has 0 saturated heterocycles. The van der Waals surface area contributed by atoms with Gasteiger partial charge in [0, 0.05) is 10.7 Å². The summed E-state index contributed by atoms with van der Waals surface area (Å²) in [5.41, 5.74) is 0.384. The molecule has 0 spiro atoms. The van der Waals surface area contributed by atoms with Gasteiger partial charge in [-0.15, -0.1) is 10.2 Å². The van der Waals surface area contributed by atoms with Crippen molar-refractivity contribution in [2.75, 3.05) is 11.2 Å². The number of rotatable bonds is 4. The van der Waals surface area contributed by atoms with E-state index in [1.165, 1.54) is 6.92 Å². The van der Waals surface area contributed by atoms with Crippen molar-refractivity contribution in [3.63, 3.8) is 0 Å². The van der Waals surface area contributed by atoms with Gasteiger partial charge in [0.2, 0.25) is 11.1 Å². The Kier molecular flexibility index (Phi) is 5.04. The summed E-state index contributed by atoms with van der Waals surface area (Å²) < 4.78 is 0.888. The highest BCUT2D eigenvalue weighted by Gasteiger charge is 2.18. The van der Waals surface area contributed by atoms with E-state index in [4.69, 9.17) is 17.4 Å². The third kappa shape index (κ3) is 3.77. The fourth-order valence-electron chi connectivity index (χ4n) is 1.54. The van der Waals surface area contributed by atoms with Gasteiger partial charge in [0.15, 0.2) is 0 Å². The van der Waals surface area contributed by atoms with Crippen LogP contribution in [0.3, 0.4) is 0 Å². The summed E-state index contributed by atoms with van der Waals surface area (Å²) in [6.45, 7) is 3.20. The van der Waals surface area contributed by atoms with E-state index in [1.54, 1.807) is 31.2 Å². The van der Waals surface area contributed by atoms with E-state index in [2.05, 4.69) is 15.5 Å². The Hall–Kier alpha value is -2.06. The number of nitrogens with one attached hydrogen (secondary N) is 1. The zero-order valence-corrected chi connectivity index (χ0v) is 13.5. The van der Waals surface area contributed by atoms with Crippen LogP contribution < -0.4 is 16.7 Å². The smallest absolute Gasteiger partial charge is 0.294 e. The first-order chi connectivity index (χ1) is 10.4. The van der Waals surface area contributed by atoms with Crippen LogP contribution in [0.15, 0.2) is 34.2 Å². The first-order valence-electron chi connectivity index (χ1n) is 6.33. The van der Waals surface area contributed by atoms with E-state index in [-0.39, 0.29) is 16.8 Å². The molecule has 1 aromatic carbocycles. The summed E-state index contributed by atoms with van der Waals surface area (Å²) in [6.07, 6.45) is 0. The first-order valence-corrected chi connectivity index (χ1v) is 7.58. The minimum atomic E-state index is -0.512. The van der Waals surface area contributed by atoms with Crippen molar-refractivity contribution in [3.8, 4) is 0 Å². The van der Waals surface area contributed by atoms with Crippen LogP contribution >= 0.6 is 23.4 Å².